The van der Waals surface area contributed by atoms with E-state index >= 15 is 0 Å². The van der Waals surface area contributed by atoms with Crippen LogP contribution in [0, 0.1) is 6.54 Å². The minimum absolute atomic E-state index is 0.139. The van der Waals surface area contributed by atoms with Gasteiger partial charge in [0, 0.05) is 7.11 Å². The Morgan fingerprint density at radius 1 is 2.00 bits per heavy atom. The van der Waals surface area contributed by atoms with E-state index in [9.17, 15) is 0 Å². The summed E-state index contributed by atoms with van der Waals surface area (Å²) in [5, 5.41) is 2.85. The highest BCUT2D eigenvalue weighted by atomic mass is 16.7. The molecule has 0 aromatic carbocycles. The van der Waals surface area contributed by atoms with Gasteiger partial charge in [-0.1, -0.05) is 0 Å². The van der Waals surface area contributed by atoms with Crippen molar-refractivity contribution in [1.29, 1.82) is 0 Å². The van der Waals surface area contributed by atoms with Crippen molar-refractivity contribution in [3.8, 4) is 0 Å². The average molecular weight is 102 g/mol. The Bertz CT molecular complexity index is 51.7. The van der Waals surface area contributed by atoms with Crippen LogP contribution < -0.4 is 5.32 Å². The summed E-state index contributed by atoms with van der Waals surface area (Å²) in [7, 11) is 1.61. The fraction of sp³-hybridized carbons (Fsp3) is 0.750. The van der Waals surface area contributed by atoms with Crippen LogP contribution in [0.25, 0.3) is 0 Å². The van der Waals surface area contributed by atoms with E-state index in [-0.39, 0.29) is 6.29 Å². The molecule has 1 unspecified atom stereocenters. The van der Waals surface area contributed by atoms with Gasteiger partial charge in [-0.25, -0.2) is 0 Å². The van der Waals surface area contributed by atoms with E-state index in [1.165, 1.54) is 0 Å². The second kappa shape index (κ2) is 2.26. The zero-order valence-electron chi connectivity index (χ0n) is 4.18. The topological polar surface area (TPSA) is 30.5 Å². The Balaban J connectivity index is 2.14. The van der Waals surface area contributed by atoms with Crippen molar-refractivity contribution in [3.05, 3.63) is 6.54 Å². The lowest BCUT2D eigenvalue weighted by atomic mass is 10.7. The van der Waals surface area contributed by atoms with E-state index < -0.39 is 0 Å². The van der Waals surface area contributed by atoms with Crippen LogP contribution >= 0.6 is 0 Å². The Morgan fingerprint density at radius 3 is 3.14 bits per heavy atom. The van der Waals surface area contributed by atoms with Crippen LogP contribution in [0.1, 0.15) is 0 Å². The number of rotatable bonds is 1. The molecule has 0 aromatic heterocycles. The molecule has 0 aliphatic carbocycles. The highest BCUT2D eigenvalue weighted by Gasteiger charge is 2.12. The van der Waals surface area contributed by atoms with Gasteiger partial charge in [0.1, 0.15) is 6.73 Å². The summed E-state index contributed by atoms with van der Waals surface area (Å²) in [6, 6.07) is 0. The molecule has 0 aromatic rings. The first-order valence-corrected chi connectivity index (χ1v) is 2.14. The zero-order valence-corrected chi connectivity index (χ0v) is 4.18. The number of hydrogen-bond donors (Lipinski definition) is 1. The maximum atomic E-state index is 4.91. The normalized spacial score (nSPS) is 31.3. The Kier molecular flexibility index (Phi) is 1.62. The molecule has 1 saturated heterocycles. The highest BCUT2D eigenvalue weighted by Crippen LogP contribution is 1.99. The summed E-state index contributed by atoms with van der Waals surface area (Å²) in [5.41, 5.74) is 0. The summed E-state index contributed by atoms with van der Waals surface area (Å²) in [6.07, 6.45) is -0.139. The minimum Gasteiger partial charge on any atom is -0.354 e. The number of hydrogen-bond acceptors (Lipinski definition) is 3. The molecule has 1 aliphatic heterocycles. The number of nitrogens with one attached hydrogen (secondary N) is 1. The van der Waals surface area contributed by atoms with Gasteiger partial charge in [-0.3, -0.25) is 5.32 Å². The molecule has 1 aliphatic rings. The van der Waals surface area contributed by atoms with Gasteiger partial charge in [0.15, 0.2) is 6.29 Å². The first-order valence-electron chi connectivity index (χ1n) is 2.14. The second-order valence-electron chi connectivity index (χ2n) is 1.29. The molecule has 3 nitrogen and oxygen atoms in total. The molecule has 0 spiro atoms. The number of methoxy groups -OCH3 is 1. The Labute approximate surface area is 42.6 Å². The molecule has 0 bridgehead atoms. The Hall–Kier alpha value is -0.120. The van der Waals surface area contributed by atoms with Crippen molar-refractivity contribution in [3.63, 3.8) is 0 Å². The first-order chi connectivity index (χ1) is 3.43. The lowest BCUT2D eigenvalue weighted by Crippen LogP contribution is -2.08. The van der Waals surface area contributed by atoms with E-state index in [1.807, 2.05) is 0 Å². The second-order valence-corrected chi connectivity index (χ2v) is 1.29. The first kappa shape index (κ1) is 5.03. The molecule has 7 heavy (non-hydrogen) atoms. The maximum Gasteiger partial charge on any atom is 0.175 e. The van der Waals surface area contributed by atoms with E-state index in [4.69, 9.17) is 9.47 Å². The van der Waals surface area contributed by atoms with Gasteiger partial charge in [-0.2, -0.15) is 0 Å². The van der Waals surface area contributed by atoms with Gasteiger partial charge >= 0.3 is 0 Å². The van der Waals surface area contributed by atoms with Crippen LogP contribution in [0.15, 0.2) is 0 Å². The van der Waals surface area contributed by atoms with Crippen LogP contribution in [0.5, 0.6) is 0 Å². The lowest BCUT2D eigenvalue weighted by Gasteiger charge is -2.01. The third-order valence-electron chi connectivity index (χ3n) is 0.817. The molecule has 1 rings (SSSR count). The van der Waals surface area contributed by atoms with Crippen molar-refractivity contribution in [2.75, 3.05) is 13.8 Å². The molecule has 0 amide bonds. The highest BCUT2D eigenvalue weighted by molar-refractivity contribution is 4.69. The fourth-order valence-corrected chi connectivity index (χ4v) is 0.459. The summed E-state index contributed by atoms with van der Waals surface area (Å²) in [4.78, 5) is 0. The summed E-state index contributed by atoms with van der Waals surface area (Å²) in [5.74, 6) is 0. The summed E-state index contributed by atoms with van der Waals surface area (Å²) in [6.45, 7) is 2.33. The molecule has 1 radical (unpaired) electrons. The molecular weight excluding hydrogens is 94.0 g/mol. The molecule has 1 atom stereocenters. The Morgan fingerprint density at radius 2 is 2.86 bits per heavy atom. The fourth-order valence-electron chi connectivity index (χ4n) is 0.459. The van der Waals surface area contributed by atoms with Crippen molar-refractivity contribution in [2.24, 2.45) is 0 Å². The summed E-state index contributed by atoms with van der Waals surface area (Å²) < 4.78 is 9.68. The molecule has 1 N–H and O–H groups in total. The van der Waals surface area contributed by atoms with Crippen LogP contribution in [-0.4, -0.2) is 20.1 Å². The van der Waals surface area contributed by atoms with E-state index in [0.717, 1.165) is 0 Å². The lowest BCUT2D eigenvalue weighted by molar-refractivity contribution is -0.0717. The SMILES string of the molecule is COC1[CH]NCO1. The molecular formula is C4H8NO2. The molecule has 1 fully saturated rings. The van der Waals surface area contributed by atoms with Crippen LogP contribution in [0.4, 0.5) is 0 Å². The third-order valence-corrected chi connectivity index (χ3v) is 0.817. The monoisotopic (exact) mass is 102 g/mol. The molecule has 1 heterocycles. The largest absolute Gasteiger partial charge is 0.354 e. The van der Waals surface area contributed by atoms with E-state index in [1.54, 1.807) is 13.7 Å². The van der Waals surface area contributed by atoms with Gasteiger partial charge in [-0.05, 0) is 0 Å². The van der Waals surface area contributed by atoms with Crippen molar-refractivity contribution >= 4 is 0 Å². The predicted molar refractivity (Wildman–Crippen MR) is 24.2 cm³/mol. The third kappa shape index (κ3) is 1.12. The quantitative estimate of drug-likeness (QED) is 0.493. The molecule has 41 valence electrons. The van der Waals surface area contributed by atoms with Crippen molar-refractivity contribution in [2.45, 2.75) is 6.29 Å². The minimum atomic E-state index is -0.139. The van der Waals surface area contributed by atoms with Gasteiger partial charge in [0.25, 0.3) is 0 Å². The van der Waals surface area contributed by atoms with Gasteiger partial charge in [-0.15, -0.1) is 0 Å². The van der Waals surface area contributed by atoms with Crippen molar-refractivity contribution < 1.29 is 9.47 Å². The predicted octanol–water partition coefficient (Wildman–Crippen LogP) is -0.302. The van der Waals surface area contributed by atoms with Gasteiger partial charge in [0.05, 0.1) is 6.54 Å². The number of ether oxygens (including phenoxy) is 2. The average Bonchev–Trinajstić information content (AvgIpc) is 2.14. The standard InChI is InChI=1S/C4H8NO2/c1-6-4-2-5-3-7-4/h2,4-5H,3H2,1H3. The smallest absolute Gasteiger partial charge is 0.175 e. The van der Waals surface area contributed by atoms with Crippen LogP contribution in [0.2, 0.25) is 0 Å². The molecule has 3 heteroatoms. The maximum absolute atomic E-state index is 4.91. The van der Waals surface area contributed by atoms with Gasteiger partial charge < -0.3 is 9.47 Å². The van der Waals surface area contributed by atoms with Crippen molar-refractivity contribution in [1.82, 2.24) is 5.32 Å². The van der Waals surface area contributed by atoms with Crippen LogP contribution in [0.3, 0.4) is 0 Å². The van der Waals surface area contributed by atoms with E-state index in [0.29, 0.717) is 6.73 Å². The molecule has 0 saturated carbocycles. The summed E-state index contributed by atoms with van der Waals surface area (Å²) >= 11 is 0. The van der Waals surface area contributed by atoms with Gasteiger partial charge in [0.2, 0.25) is 0 Å². The van der Waals surface area contributed by atoms with Crippen LogP contribution in [-0.2, 0) is 9.47 Å². The zero-order chi connectivity index (χ0) is 5.11. The van der Waals surface area contributed by atoms with E-state index in [2.05, 4.69) is 5.32 Å².